The maximum atomic E-state index is 11.6. The molecule has 0 saturated carbocycles. The number of carbonyl (C=O) groups excluding carboxylic acids is 2. The molecule has 0 aliphatic carbocycles. The standard InChI is InChI=1S/C10H18O2/c1-5-8(6-7-11)9(12)10(2,3)4/h7-8H,5-6H2,1-4H3. The lowest BCUT2D eigenvalue weighted by atomic mass is 9.81. The van der Waals surface area contributed by atoms with Gasteiger partial charge in [-0.05, 0) is 6.42 Å². The Hall–Kier alpha value is -0.660. The molecule has 0 aliphatic rings. The van der Waals surface area contributed by atoms with Gasteiger partial charge in [-0.3, -0.25) is 4.79 Å². The third-order valence-corrected chi connectivity index (χ3v) is 1.98. The van der Waals surface area contributed by atoms with E-state index >= 15 is 0 Å². The number of hydrogen-bond acceptors (Lipinski definition) is 2. The maximum Gasteiger partial charge on any atom is 0.141 e. The number of Topliss-reactive ketones (excluding diaryl/α,β-unsaturated/α-hetero) is 1. The van der Waals surface area contributed by atoms with E-state index in [9.17, 15) is 9.59 Å². The molecule has 0 spiro atoms. The highest BCUT2D eigenvalue weighted by Gasteiger charge is 2.27. The summed E-state index contributed by atoms with van der Waals surface area (Å²) in [5.74, 6) is 0.111. The third kappa shape index (κ3) is 3.16. The Balaban J connectivity index is 4.31. The van der Waals surface area contributed by atoms with Crippen molar-refractivity contribution < 1.29 is 9.59 Å². The molecule has 12 heavy (non-hydrogen) atoms. The average Bonchev–Trinajstić information content (AvgIpc) is 1.97. The Bertz CT molecular complexity index is 165. The second kappa shape index (κ2) is 4.39. The van der Waals surface area contributed by atoms with Crippen molar-refractivity contribution in [3.63, 3.8) is 0 Å². The molecule has 0 saturated heterocycles. The van der Waals surface area contributed by atoms with E-state index in [0.29, 0.717) is 6.42 Å². The Morgan fingerprint density at radius 3 is 2.17 bits per heavy atom. The van der Waals surface area contributed by atoms with Gasteiger partial charge < -0.3 is 4.79 Å². The molecule has 0 bridgehead atoms. The summed E-state index contributed by atoms with van der Waals surface area (Å²) in [4.78, 5) is 21.9. The molecular formula is C10H18O2. The summed E-state index contributed by atoms with van der Waals surface area (Å²) in [6.07, 6.45) is 1.96. The summed E-state index contributed by atoms with van der Waals surface area (Å²) in [5, 5.41) is 0. The van der Waals surface area contributed by atoms with Gasteiger partial charge in [0.1, 0.15) is 12.1 Å². The van der Waals surface area contributed by atoms with Crippen molar-refractivity contribution >= 4 is 12.1 Å². The smallest absolute Gasteiger partial charge is 0.141 e. The van der Waals surface area contributed by atoms with Gasteiger partial charge in [-0.25, -0.2) is 0 Å². The van der Waals surface area contributed by atoms with Gasteiger partial charge >= 0.3 is 0 Å². The minimum atomic E-state index is -0.316. The van der Waals surface area contributed by atoms with Crippen LogP contribution in [0.4, 0.5) is 0 Å². The SMILES string of the molecule is CCC(CC=O)C(=O)C(C)(C)C. The van der Waals surface area contributed by atoms with Crippen LogP contribution in [0.5, 0.6) is 0 Å². The predicted octanol–water partition coefficient (Wildman–Crippen LogP) is 2.22. The maximum absolute atomic E-state index is 11.6. The van der Waals surface area contributed by atoms with E-state index < -0.39 is 0 Å². The zero-order valence-corrected chi connectivity index (χ0v) is 8.39. The van der Waals surface area contributed by atoms with Gasteiger partial charge in [0.05, 0.1) is 0 Å². The molecule has 0 aromatic heterocycles. The monoisotopic (exact) mass is 170 g/mol. The van der Waals surface area contributed by atoms with E-state index in [-0.39, 0.29) is 17.1 Å². The molecule has 1 atom stereocenters. The summed E-state index contributed by atoms with van der Waals surface area (Å²) < 4.78 is 0. The van der Waals surface area contributed by atoms with Gasteiger partial charge in [-0.2, -0.15) is 0 Å². The largest absolute Gasteiger partial charge is 0.303 e. The number of rotatable bonds is 4. The second-order valence-electron chi connectivity index (χ2n) is 4.12. The summed E-state index contributed by atoms with van der Waals surface area (Å²) in [6, 6.07) is 0. The minimum Gasteiger partial charge on any atom is -0.303 e. The van der Waals surface area contributed by atoms with Crippen LogP contribution in [0.15, 0.2) is 0 Å². The van der Waals surface area contributed by atoms with Crippen LogP contribution in [0, 0.1) is 11.3 Å². The molecule has 0 aliphatic heterocycles. The molecule has 0 rings (SSSR count). The van der Waals surface area contributed by atoms with Crippen LogP contribution in [0.25, 0.3) is 0 Å². The van der Waals surface area contributed by atoms with E-state index in [1.807, 2.05) is 27.7 Å². The first-order valence-corrected chi connectivity index (χ1v) is 4.41. The topological polar surface area (TPSA) is 34.1 Å². The summed E-state index contributed by atoms with van der Waals surface area (Å²) in [5.41, 5.74) is -0.316. The zero-order chi connectivity index (χ0) is 9.78. The van der Waals surface area contributed by atoms with Gasteiger partial charge in [0.15, 0.2) is 0 Å². The van der Waals surface area contributed by atoms with Crippen LogP contribution in [0.1, 0.15) is 40.5 Å². The molecule has 0 fully saturated rings. The summed E-state index contributed by atoms with van der Waals surface area (Å²) >= 11 is 0. The summed E-state index contributed by atoms with van der Waals surface area (Å²) in [7, 11) is 0. The molecule has 70 valence electrons. The van der Waals surface area contributed by atoms with E-state index in [1.54, 1.807) is 0 Å². The fourth-order valence-electron chi connectivity index (χ4n) is 1.19. The van der Waals surface area contributed by atoms with Gasteiger partial charge in [0, 0.05) is 17.8 Å². The van der Waals surface area contributed by atoms with Crippen LogP contribution in [0.3, 0.4) is 0 Å². The molecule has 0 amide bonds. The molecule has 0 aromatic rings. The lowest BCUT2D eigenvalue weighted by Crippen LogP contribution is -2.28. The first kappa shape index (κ1) is 11.3. The van der Waals surface area contributed by atoms with E-state index in [4.69, 9.17) is 0 Å². The van der Waals surface area contributed by atoms with Crippen molar-refractivity contribution in [2.45, 2.75) is 40.5 Å². The quantitative estimate of drug-likeness (QED) is 0.606. The lowest BCUT2D eigenvalue weighted by Gasteiger charge is -2.22. The van der Waals surface area contributed by atoms with E-state index in [2.05, 4.69) is 0 Å². The second-order valence-corrected chi connectivity index (χ2v) is 4.12. The Kier molecular flexibility index (Phi) is 4.15. The summed E-state index contributed by atoms with van der Waals surface area (Å²) in [6.45, 7) is 7.62. The van der Waals surface area contributed by atoms with Crippen molar-refractivity contribution in [1.82, 2.24) is 0 Å². The van der Waals surface area contributed by atoms with Crippen LogP contribution >= 0.6 is 0 Å². The Morgan fingerprint density at radius 2 is 1.92 bits per heavy atom. The van der Waals surface area contributed by atoms with Crippen molar-refractivity contribution in [3.05, 3.63) is 0 Å². The van der Waals surface area contributed by atoms with E-state index in [1.165, 1.54) is 0 Å². The van der Waals surface area contributed by atoms with Crippen LogP contribution < -0.4 is 0 Å². The Morgan fingerprint density at radius 1 is 1.42 bits per heavy atom. The molecule has 0 heterocycles. The van der Waals surface area contributed by atoms with Gasteiger partial charge in [0.2, 0.25) is 0 Å². The fraction of sp³-hybridized carbons (Fsp3) is 0.800. The normalized spacial score (nSPS) is 14.0. The highest BCUT2D eigenvalue weighted by molar-refractivity contribution is 5.87. The molecule has 2 nitrogen and oxygen atoms in total. The van der Waals surface area contributed by atoms with Crippen LogP contribution in [0.2, 0.25) is 0 Å². The van der Waals surface area contributed by atoms with Gasteiger partial charge in [-0.1, -0.05) is 27.7 Å². The minimum absolute atomic E-state index is 0.0810. The lowest BCUT2D eigenvalue weighted by molar-refractivity contribution is -0.132. The van der Waals surface area contributed by atoms with Gasteiger partial charge in [-0.15, -0.1) is 0 Å². The van der Waals surface area contributed by atoms with Crippen molar-refractivity contribution in [2.24, 2.45) is 11.3 Å². The highest BCUT2D eigenvalue weighted by atomic mass is 16.1. The molecule has 0 N–H and O–H groups in total. The van der Waals surface area contributed by atoms with Crippen LogP contribution in [-0.2, 0) is 9.59 Å². The van der Waals surface area contributed by atoms with Gasteiger partial charge in [0.25, 0.3) is 0 Å². The number of aldehydes is 1. The molecule has 1 unspecified atom stereocenters. The predicted molar refractivity (Wildman–Crippen MR) is 48.9 cm³/mol. The first-order valence-electron chi connectivity index (χ1n) is 4.41. The number of hydrogen-bond donors (Lipinski definition) is 0. The third-order valence-electron chi connectivity index (χ3n) is 1.98. The van der Waals surface area contributed by atoms with E-state index in [0.717, 1.165) is 12.7 Å². The molecule has 0 aromatic carbocycles. The first-order chi connectivity index (χ1) is 5.43. The molecular weight excluding hydrogens is 152 g/mol. The highest BCUT2D eigenvalue weighted by Crippen LogP contribution is 2.23. The Labute approximate surface area is 74.3 Å². The molecule has 2 heteroatoms. The number of carbonyl (C=O) groups is 2. The fourth-order valence-corrected chi connectivity index (χ4v) is 1.19. The van der Waals surface area contributed by atoms with Crippen molar-refractivity contribution in [1.29, 1.82) is 0 Å². The van der Waals surface area contributed by atoms with Crippen molar-refractivity contribution in [3.8, 4) is 0 Å². The number of ketones is 1. The average molecular weight is 170 g/mol. The molecule has 0 radical (unpaired) electrons. The zero-order valence-electron chi connectivity index (χ0n) is 8.39. The van der Waals surface area contributed by atoms with Crippen LogP contribution in [-0.4, -0.2) is 12.1 Å². The van der Waals surface area contributed by atoms with Crippen molar-refractivity contribution in [2.75, 3.05) is 0 Å².